The minimum absolute atomic E-state index is 0.0847. The number of likely N-dealkylation sites (N-methyl/N-ethyl adjacent to an activating group) is 1. The largest absolute Gasteiger partial charge is 0.343 e. The van der Waals surface area contributed by atoms with Crippen molar-refractivity contribution in [2.75, 3.05) is 39.8 Å². The van der Waals surface area contributed by atoms with Crippen molar-refractivity contribution in [3.8, 4) is 0 Å². The van der Waals surface area contributed by atoms with Crippen LogP contribution in [-0.4, -0.2) is 87.1 Å². The first kappa shape index (κ1) is 16.3. The van der Waals surface area contributed by atoms with Gasteiger partial charge in [-0.25, -0.2) is 9.89 Å². The molecule has 0 saturated carbocycles. The van der Waals surface area contributed by atoms with Crippen molar-refractivity contribution in [3.63, 3.8) is 0 Å². The highest BCUT2D eigenvalue weighted by molar-refractivity contribution is 5.89. The summed E-state index contributed by atoms with van der Waals surface area (Å²) in [5, 5.41) is 6.17. The molecule has 0 aliphatic carbocycles. The van der Waals surface area contributed by atoms with Gasteiger partial charge in [-0.1, -0.05) is 0 Å². The molecule has 0 radical (unpaired) electrons. The molecule has 4 rings (SSSR count). The van der Waals surface area contributed by atoms with E-state index in [2.05, 4.69) is 15.1 Å². The molecule has 0 bridgehead atoms. The number of hydrogen-bond acceptors (Lipinski definition) is 5. The molecule has 1 unspecified atom stereocenters. The number of nitrogens with one attached hydrogen (secondary N) is 1. The second-order valence-corrected chi connectivity index (χ2v) is 7.45. The number of rotatable bonds is 3. The summed E-state index contributed by atoms with van der Waals surface area (Å²) >= 11 is 0. The first-order valence-corrected chi connectivity index (χ1v) is 8.91. The zero-order valence-electron chi connectivity index (χ0n) is 14.4. The van der Waals surface area contributed by atoms with Crippen LogP contribution in [0.25, 0.3) is 0 Å². The minimum Gasteiger partial charge on any atom is -0.342 e. The van der Waals surface area contributed by atoms with Crippen molar-refractivity contribution < 1.29 is 9.59 Å². The van der Waals surface area contributed by atoms with E-state index in [1.807, 2.05) is 16.8 Å². The van der Waals surface area contributed by atoms with E-state index in [1.165, 1.54) is 6.33 Å². The van der Waals surface area contributed by atoms with Crippen LogP contribution < -0.4 is 5.69 Å². The summed E-state index contributed by atoms with van der Waals surface area (Å²) in [4.78, 5) is 42.6. The SMILES string of the molecule is CN1CC(N2CC(C(=O)N3CCC(n4cn[nH]c4=O)CC3)CC2=O)C1. The van der Waals surface area contributed by atoms with Gasteiger partial charge in [-0.05, 0) is 19.9 Å². The summed E-state index contributed by atoms with van der Waals surface area (Å²) in [6.45, 7) is 3.60. The van der Waals surface area contributed by atoms with Gasteiger partial charge in [0.2, 0.25) is 11.8 Å². The lowest BCUT2D eigenvalue weighted by Crippen LogP contribution is -2.58. The molecular formula is C16H24N6O3. The summed E-state index contributed by atoms with van der Waals surface area (Å²) in [6, 6.07) is 0.358. The molecule has 3 saturated heterocycles. The third-order valence-electron chi connectivity index (χ3n) is 5.74. The molecule has 1 aromatic rings. The molecule has 4 heterocycles. The molecule has 0 aromatic carbocycles. The Balaban J connectivity index is 1.33. The lowest BCUT2D eigenvalue weighted by Gasteiger charge is -2.42. The van der Waals surface area contributed by atoms with Crippen LogP contribution in [-0.2, 0) is 9.59 Å². The van der Waals surface area contributed by atoms with Gasteiger partial charge in [0, 0.05) is 45.2 Å². The van der Waals surface area contributed by atoms with Crippen molar-refractivity contribution in [2.45, 2.75) is 31.3 Å². The minimum atomic E-state index is -0.216. The zero-order chi connectivity index (χ0) is 17.6. The number of likely N-dealkylation sites (tertiary alicyclic amines) is 3. The van der Waals surface area contributed by atoms with Crippen molar-refractivity contribution in [1.82, 2.24) is 29.5 Å². The van der Waals surface area contributed by atoms with Gasteiger partial charge in [-0.3, -0.25) is 14.2 Å². The third kappa shape index (κ3) is 2.97. The number of H-pyrrole nitrogens is 1. The van der Waals surface area contributed by atoms with Crippen molar-refractivity contribution >= 4 is 11.8 Å². The lowest BCUT2D eigenvalue weighted by molar-refractivity contribution is -0.137. The normalized spacial score (nSPS) is 26.3. The van der Waals surface area contributed by atoms with Crippen LogP contribution in [0, 0.1) is 5.92 Å². The molecule has 0 spiro atoms. The Morgan fingerprint density at radius 2 is 1.88 bits per heavy atom. The smallest absolute Gasteiger partial charge is 0.342 e. The molecule has 1 aromatic heterocycles. The van der Waals surface area contributed by atoms with E-state index < -0.39 is 0 Å². The van der Waals surface area contributed by atoms with Crippen LogP contribution in [0.2, 0.25) is 0 Å². The molecule has 1 atom stereocenters. The molecule has 1 N–H and O–H groups in total. The zero-order valence-corrected chi connectivity index (χ0v) is 14.4. The summed E-state index contributed by atoms with van der Waals surface area (Å²) in [5.74, 6) is -0.0237. The Morgan fingerprint density at radius 3 is 2.48 bits per heavy atom. The van der Waals surface area contributed by atoms with Crippen LogP contribution in [0.1, 0.15) is 25.3 Å². The predicted molar refractivity (Wildman–Crippen MR) is 88.8 cm³/mol. The average molecular weight is 348 g/mol. The maximum absolute atomic E-state index is 12.8. The fourth-order valence-corrected chi connectivity index (χ4v) is 4.25. The van der Waals surface area contributed by atoms with Crippen molar-refractivity contribution in [1.29, 1.82) is 0 Å². The van der Waals surface area contributed by atoms with Gasteiger partial charge in [0.15, 0.2) is 0 Å². The molecule has 3 aliphatic heterocycles. The number of carbonyl (C=O) groups excluding carboxylic acids is 2. The molecule has 3 aliphatic rings. The Hall–Kier alpha value is -2.16. The van der Waals surface area contributed by atoms with Crippen LogP contribution in [0.4, 0.5) is 0 Å². The topological polar surface area (TPSA) is 94.5 Å². The second-order valence-electron chi connectivity index (χ2n) is 7.45. The number of aromatic nitrogens is 3. The Morgan fingerprint density at radius 1 is 1.16 bits per heavy atom. The standard InChI is InChI=1S/C16H24N6O3/c1-19-8-13(9-19)21-7-11(6-14(21)23)15(24)20-4-2-12(3-5-20)22-10-17-18-16(22)25/h10-13H,2-9H2,1H3,(H,18,25). The first-order valence-electron chi connectivity index (χ1n) is 8.91. The van der Waals surface area contributed by atoms with Gasteiger partial charge in [0.25, 0.3) is 0 Å². The molecule has 25 heavy (non-hydrogen) atoms. The molecule has 3 fully saturated rings. The highest BCUT2D eigenvalue weighted by atomic mass is 16.2. The number of aromatic amines is 1. The van der Waals surface area contributed by atoms with E-state index in [9.17, 15) is 14.4 Å². The molecule has 136 valence electrons. The number of carbonyl (C=O) groups is 2. The van der Waals surface area contributed by atoms with Crippen molar-refractivity contribution in [3.05, 3.63) is 16.8 Å². The van der Waals surface area contributed by atoms with Gasteiger partial charge in [0.1, 0.15) is 6.33 Å². The third-order valence-corrected chi connectivity index (χ3v) is 5.74. The van der Waals surface area contributed by atoms with Crippen LogP contribution in [0.15, 0.2) is 11.1 Å². The van der Waals surface area contributed by atoms with Gasteiger partial charge >= 0.3 is 5.69 Å². The predicted octanol–water partition coefficient (Wildman–Crippen LogP) is -1.10. The summed E-state index contributed by atoms with van der Waals surface area (Å²) in [5.41, 5.74) is -0.202. The number of amides is 2. The Labute approximate surface area is 145 Å². The first-order chi connectivity index (χ1) is 12.0. The summed E-state index contributed by atoms with van der Waals surface area (Å²) in [6.07, 6.45) is 3.33. The van der Waals surface area contributed by atoms with E-state index in [4.69, 9.17) is 0 Å². The molecule has 9 nitrogen and oxygen atoms in total. The highest BCUT2D eigenvalue weighted by Gasteiger charge is 2.42. The van der Waals surface area contributed by atoms with Crippen LogP contribution in [0.5, 0.6) is 0 Å². The van der Waals surface area contributed by atoms with E-state index in [0.717, 1.165) is 25.9 Å². The fourth-order valence-electron chi connectivity index (χ4n) is 4.25. The molecular weight excluding hydrogens is 324 g/mol. The van der Waals surface area contributed by atoms with Gasteiger partial charge in [0.05, 0.1) is 12.0 Å². The van der Waals surface area contributed by atoms with E-state index in [-0.39, 0.29) is 35.5 Å². The van der Waals surface area contributed by atoms with E-state index >= 15 is 0 Å². The number of hydrogen-bond donors (Lipinski definition) is 1. The summed E-state index contributed by atoms with van der Waals surface area (Å²) < 4.78 is 1.61. The van der Waals surface area contributed by atoms with Crippen molar-refractivity contribution in [2.24, 2.45) is 5.92 Å². The monoisotopic (exact) mass is 348 g/mol. The lowest BCUT2D eigenvalue weighted by atomic mass is 10.0. The molecule has 9 heteroatoms. The van der Waals surface area contributed by atoms with Gasteiger partial charge in [-0.2, -0.15) is 5.10 Å². The second kappa shape index (κ2) is 6.29. The quantitative estimate of drug-likeness (QED) is 0.748. The fraction of sp³-hybridized carbons (Fsp3) is 0.750. The van der Waals surface area contributed by atoms with Gasteiger partial charge in [-0.15, -0.1) is 0 Å². The van der Waals surface area contributed by atoms with Crippen LogP contribution >= 0.6 is 0 Å². The number of nitrogens with zero attached hydrogens (tertiary/aromatic N) is 5. The van der Waals surface area contributed by atoms with Gasteiger partial charge < -0.3 is 14.7 Å². The Kier molecular flexibility index (Phi) is 4.10. The highest BCUT2D eigenvalue weighted by Crippen LogP contribution is 2.28. The Bertz CT molecular complexity index is 713. The van der Waals surface area contributed by atoms with E-state index in [1.54, 1.807) is 4.57 Å². The maximum atomic E-state index is 12.8. The average Bonchev–Trinajstić information content (AvgIpc) is 3.17. The number of piperidine rings is 1. The summed E-state index contributed by atoms with van der Waals surface area (Å²) in [7, 11) is 2.04. The maximum Gasteiger partial charge on any atom is 0.343 e. The van der Waals surface area contributed by atoms with E-state index in [0.29, 0.717) is 26.1 Å². The van der Waals surface area contributed by atoms with Crippen LogP contribution in [0.3, 0.4) is 0 Å². The molecule has 2 amide bonds.